The van der Waals surface area contributed by atoms with Crippen molar-refractivity contribution in [2.75, 3.05) is 13.1 Å². The van der Waals surface area contributed by atoms with Crippen LogP contribution in [0.5, 0.6) is 0 Å². The van der Waals surface area contributed by atoms with Gasteiger partial charge in [0.15, 0.2) is 9.89 Å². The van der Waals surface area contributed by atoms with Crippen molar-refractivity contribution in [3.63, 3.8) is 0 Å². The largest absolute Gasteiger partial charge is 0.450 e. The van der Waals surface area contributed by atoms with Crippen LogP contribution < -0.4 is 14.9 Å². The van der Waals surface area contributed by atoms with Gasteiger partial charge in [-0.05, 0) is 62.7 Å². The first-order valence-electron chi connectivity index (χ1n) is 12.3. The molecule has 2 aromatic heterocycles. The summed E-state index contributed by atoms with van der Waals surface area (Å²) >= 11 is 8.96. The van der Waals surface area contributed by atoms with E-state index in [2.05, 4.69) is 0 Å². The summed E-state index contributed by atoms with van der Waals surface area (Å²) in [5, 5.41) is 1.32. The minimum Gasteiger partial charge on any atom is -0.450 e. The van der Waals surface area contributed by atoms with Gasteiger partial charge in [0, 0.05) is 29.1 Å². The van der Waals surface area contributed by atoms with Gasteiger partial charge in [-0.25, -0.2) is 4.99 Å². The van der Waals surface area contributed by atoms with Crippen LogP contribution in [0.4, 0.5) is 0 Å². The Balaban J connectivity index is 1.60. The van der Waals surface area contributed by atoms with E-state index in [9.17, 15) is 9.59 Å². The number of amides is 1. The van der Waals surface area contributed by atoms with Gasteiger partial charge in [0.25, 0.3) is 11.5 Å². The summed E-state index contributed by atoms with van der Waals surface area (Å²) in [5.74, 6) is 0.450. The molecule has 1 amide bonds. The summed E-state index contributed by atoms with van der Waals surface area (Å²) in [7, 11) is 0. The fraction of sp³-hybridized carbons (Fsp3) is 0.207. The molecule has 0 aliphatic carbocycles. The normalized spacial score (nSPS) is 15.4. The van der Waals surface area contributed by atoms with Crippen molar-refractivity contribution in [2.24, 2.45) is 4.99 Å². The third-order valence-electron chi connectivity index (χ3n) is 6.33. The predicted octanol–water partition coefficient (Wildman–Crippen LogP) is 5.50. The van der Waals surface area contributed by atoms with Crippen molar-refractivity contribution >= 4 is 46.7 Å². The number of nitrogens with zero attached hydrogens (tertiary/aromatic N) is 3. The number of allylic oxidation sites excluding steroid dienone is 1. The third-order valence-corrected chi connectivity index (χ3v) is 8.49. The van der Waals surface area contributed by atoms with E-state index in [0.717, 1.165) is 15.6 Å². The van der Waals surface area contributed by atoms with Gasteiger partial charge in [-0.15, -0.1) is 0 Å². The first kappa shape index (κ1) is 26.3. The lowest BCUT2D eigenvalue weighted by Gasteiger charge is -2.29. The van der Waals surface area contributed by atoms with Gasteiger partial charge in [-0.1, -0.05) is 65.0 Å². The predicted molar refractivity (Wildman–Crippen MR) is 152 cm³/mol. The Morgan fingerprint density at radius 1 is 1.11 bits per heavy atom. The first-order valence-corrected chi connectivity index (χ1v) is 14.3. The number of furan rings is 1. The van der Waals surface area contributed by atoms with Crippen molar-refractivity contribution in [3.8, 4) is 0 Å². The van der Waals surface area contributed by atoms with Crippen molar-refractivity contribution in [3.05, 3.63) is 114 Å². The van der Waals surface area contributed by atoms with E-state index in [1.54, 1.807) is 27.7 Å². The Morgan fingerprint density at radius 2 is 1.82 bits per heavy atom. The molecule has 0 fully saturated rings. The number of hydrogen-bond donors (Lipinski definition) is 0. The average molecular weight is 564 g/mol. The number of likely N-dealkylation sites (N-methyl/N-ethyl adjacent to an activating group) is 1. The van der Waals surface area contributed by atoms with E-state index in [0.29, 0.717) is 44.5 Å². The Morgan fingerprint density at radius 3 is 2.50 bits per heavy atom. The fourth-order valence-corrected chi connectivity index (χ4v) is 6.39. The number of fused-ring (bicyclic) bond motifs is 1. The number of carbonyl (C=O) groups excluding carboxylic acids is 1. The van der Waals surface area contributed by atoms with E-state index < -0.39 is 6.04 Å². The molecule has 0 saturated carbocycles. The van der Waals surface area contributed by atoms with Gasteiger partial charge >= 0.3 is 0 Å². The van der Waals surface area contributed by atoms with Gasteiger partial charge in [-0.3, -0.25) is 14.2 Å². The van der Waals surface area contributed by atoms with Crippen molar-refractivity contribution < 1.29 is 9.21 Å². The van der Waals surface area contributed by atoms with Crippen molar-refractivity contribution in [1.29, 1.82) is 0 Å². The maximum absolute atomic E-state index is 13.8. The SMILES string of the molecule is CCN(CC)C(=O)C1=C(C)N=c2s/c(=C/c3ccc(Sc4ccccc4)o3)c(=O)n2[C@H]1c1ccc(Cl)cc1. The molecule has 38 heavy (non-hydrogen) atoms. The second-order valence-electron chi connectivity index (χ2n) is 8.68. The zero-order chi connectivity index (χ0) is 26.8. The standard InChI is InChI=1S/C29H26ClN3O3S2/c1-4-32(5-2)28(35)25-18(3)31-29-33(26(25)19-11-13-20(30)14-12-19)27(34)23(38-29)17-21-15-16-24(36-21)37-22-9-7-6-8-10-22/h6-17,26H,4-5H2,1-3H3/b23-17+/t26-/m0/s1. The monoisotopic (exact) mass is 563 g/mol. The number of halogens is 1. The molecule has 1 aliphatic heterocycles. The highest BCUT2D eigenvalue weighted by Crippen LogP contribution is 2.32. The highest BCUT2D eigenvalue weighted by atomic mass is 35.5. The molecular formula is C29H26ClN3O3S2. The van der Waals surface area contributed by atoms with E-state index in [-0.39, 0.29) is 11.5 Å². The molecule has 6 nitrogen and oxygen atoms in total. The van der Waals surface area contributed by atoms with Crippen LogP contribution in [0.2, 0.25) is 5.02 Å². The molecule has 4 aromatic rings. The zero-order valence-corrected chi connectivity index (χ0v) is 23.6. The molecule has 0 saturated heterocycles. The number of rotatable bonds is 7. The van der Waals surface area contributed by atoms with Crippen LogP contribution in [-0.2, 0) is 4.79 Å². The minimum atomic E-state index is -0.612. The average Bonchev–Trinajstić information content (AvgIpc) is 3.48. The topological polar surface area (TPSA) is 67.8 Å². The van der Waals surface area contributed by atoms with E-state index in [1.165, 1.54) is 23.1 Å². The van der Waals surface area contributed by atoms with Crippen LogP contribution in [0, 0.1) is 0 Å². The zero-order valence-electron chi connectivity index (χ0n) is 21.2. The van der Waals surface area contributed by atoms with E-state index in [4.69, 9.17) is 21.0 Å². The Hall–Kier alpha value is -3.33. The molecule has 0 N–H and O–H groups in total. The van der Waals surface area contributed by atoms with Gasteiger partial charge < -0.3 is 9.32 Å². The molecular weight excluding hydrogens is 538 g/mol. The van der Waals surface area contributed by atoms with E-state index >= 15 is 0 Å². The van der Waals surface area contributed by atoms with Crippen LogP contribution in [-0.4, -0.2) is 28.5 Å². The van der Waals surface area contributed by atoms with E-state index in [1.807, 2.05) is 75.4 Å². The second kappa shape index (κ2) is 11.2. The highest BCUT2D eigenvalue weighted by molar-refractivity contribution is 7.99. The number of hydrogen-bond acceptors (Lipinski definition) is 6. The highest BCUT2D eigenvalue weighted by Gasteiger charge is 2.34. The molecule has 0 unspecified atom stereocenters. The number of carbonyl (C=O) groups is 1. The lowest BCUT2D eigenvalue weighted by Crippen LogP contribution is -2.43. The smallest absolute Gasteiger partial charge is 0.271 e. The fourth-order valence-electron chi connectivity index (χ4n) is 4.44. The lowest BCUT2D eigenvalue weighted by molar-refractivity contribution is -0.127. The van der Waals surface area contributed by atoms with Gasteiger partial charge in [0.05, 0.1) is 21.8 Å². The molecule has 5 rings (SSSR count). The molecule has 1 aliphatic rings. The number of benzene rings is 2. The quantitative estimate of drug-likeness (QED) is 0.298. The summed E-state index contributed by atoms with van der Waals surface area (Å²) in [6, 6.07) is 20.3. The Labute approximate surface area is 233 Å². The minimum absolute atomic E-state index is 0.126. The molecule has 9 heteroatoms. The lowest BCUT2D eigenvalue weighted by atomic mass is 9.94. The van der Waals surface area contributed by atoms with Gasteiger partial charge in [-0.2, -0.15) is 0 Å². The van der Waals surface area contributed by atoms with Crippen LogP contribution >= 0.6 is 34.7 Å². The van der Waals surface area contributed by atoms with Gasteiger partial charge in [0.2, 0.25) is 0 Å². The Bertz CT molecular complexity index is 1680. The van der Waals surface area contributed by atoms with Gasteiger partial charge in [0.1, 0.15) is 5.76 Å². The van der Waals surface area contributed by atoms with Crippen molar-refractivity contribution in [1.82, 2.24) is 9.47 Å². The van der Waals surface area contributed by atoms with Crippen LogP contribution in [0.15, 0.2) is 102 Å². The molecule has 0 radical (unpaired) electrons. The number of aromatic nitrogens is 1. The third kappa shape index (κ3) is 5.16. The second-order valence-corrected chi connectivity index (χ2v) is 11.2. The molecule has 0 bridgehead atoms. The van der Waals surface area contributed by atoms with Crippen molar-refractivity contribution in [2.45, 2.75) is 36.8 Å². The molecule has 1 atom stereocenters. The summed E-state index contributed by atoms with van der Waals surface area (Å²) in [5.41, 5.74) is 1.68. The maximum atomic E-state index is 13.8. The summed E-state index contributed by atoms with van der Waals surface area (Å²) in [6.07, 6.45) is 1.74. The number of thiazole rings is 1. The first-order chi connectivity index (χ1) is 18.4. The Kier molecular flexibility index (Phi) is 7.74. The molecule has 194 valence electrons. The summed E-state index contributed by atoms with van der Waals surface area (Å²) in [4.78, 5) is 35.5. The van der Waals surface area contributed by atoms with Crippen LogP contribution in [0.3, 0.4) is 0 Å². The maximum Gasteiger partial charge on any atom is 0.271 e. The van der Waals surface area contributed by atoms with Crippen LogP contribution in [0.1, 0.15) is 38.1 Å². The molecule has 0 spiro atoms. The molecule has 2 aromatic carbocycles. The summed E-state index contributed by atoms with van der Waals surface area (Å²) in [6.45, 7) is 6.84. The van der Waals surface area contributed by atoms with Crippen LogP contribution in [0.25, 0.3) is 6.08 Å². The molecule has 3 heterocycles. The summed E-state index contributed by atoms with van der Waals surface area (Å²) < 4.78 is 8.09.